The quantitative estimate of drug-likeness (QED) is 0.899. The van der Waals surface area contributed by atoms with Gasteiger partial charge in [-0.15, -0.1) is 0 Å². The lowest BCUT2D eigenvalue weighted by Gasteiger charge is -2.16. The summed E-state index contributed by atoms with van der Waals surface area (Å²) in [6.07, 6.45) is 2.61. The molecule has 0 aromatic heterocycles. The van der Waals surface area contributed by atoms with E-state index in [-0.39, 0.29) is 11.9 Å². The maximum Gasteiger partial charge on any atom is 0.251 e. The Kier molecular flexibility index (Phi) is 5.31. The van der Waals surface area contributed by atoms with E-state index in [1.54, 1.807) is 0 Å². The van der Waals surface area contributed by atoms with Crippen molar-refractivity contribution in [2.75, 3.05) is 13.1 Å². The Balaban J connectivity index is 1.59. The molecule has 0 spiro atoms. The second-order valence-electron chi connectivity index (χ2n) is 6.79. The van der Waals surface area contributed by atoms with E-state index in [9.17, 15) is 4.79 Å². The maximum atomic E-state index is 12.4. The summed E-state index contributed by atoms with van der Waals surface area (Å²) in [5, 5.41) is 3.08. The van der Waals surface area contributed by atoms with Gasteiger partial charge in [-0.05, 0) is 63.0 Å². The second kappa shape index (κ2) is 7.63. The van der Waals surface area contributed by atoms with E-state index in [0.29, 0.717) is 0 Å². The molecule has 1 heterocycles. The van der Waals surface area contributed by atoms with Crippen LogP contribution in [0.2, 0.25) is 0 Å². The molecule has 24 heavy (non-hydrogen) atoms. The molecule has 3 rings (SSSR count). The summed E-state index contributed by atoms with van der Waals surface area (Å²) in [6.45, 7) is 7.45. The Bertz CT molecular complexity index is 670. The molecule has 0 aliphatic carbocycles. The van der Waals surface area contributed by atoms with Gasteiger partial charge in [0.05, 0.1) is 6.04 Å². The summed E-state index contributed by atoms with van der Waals surface area (Å²) in [6, 6.07) is 16.3. The van der Waals surface area contributed by atoms with Gasteiger partial charge in [-0.3, -0.25) is 9.69 Å². The number of carbonyl (C=O) groups is 1. The van der Waals surface area contributed by atoms with Gasteiger partial charge in [-0.2, -0.15) is 0 Å². The molecule has 3 nitrogen and oxygen atoms in total. The Morgan fingerprint density at radius 1 is 1.04 bits per heavy atom. The Labute approximate surface area is 144 Å². The highest BCUT2D eigenvalue weighted by atomic mass is 16.1. The number of carbonyl (C=O) groups excluding carboxylic acids is 1. The van der Waals surface area contributed by atoms with Crippen molar-refractivity contribution in [3.05, 3.63) is 70.8 Å². The molecule has 0 bridgehead atoms. The van der Waals surface area contributed by atoms with Crippen molar-refractivity contribution >= 4 is 5.91 Å². The van der Waals surface area contributed by atoms with Crippen LogP contribution < -0.4 is 5.32 Å². The molecule has 1 amide bonds. The highest BCUT2D eigenvalue weighted by Gasteiger charge is 2.13. The largest absolute Gasteiger partial charge is 0.346 e. The van der Waals surface area contributed by atoms with Gasteiger partial charge in [-0.25, -0.2) is 0 Å². The van der Waals surface area contributed by atoms with Crippen LogP contribution in [0.25, 0.3) is 0 Å². The third kappa shape index (κ3) is 4.24. The Morgan fingerprint density at radius 2 is 1.67 bits per heavy atom. The molecule has 3 heteroatoms. The number of benzene rings is 2. The zero-order valence-corrected chi connectivity index (χ0v) is 14.6. The lowest BCUT2D eigenvalue weighted by Crippen LogP contribution is -2.26. The molecule has 2 aromatic rings. The summed E-state index contributed by atoms with van der Waals surface area (Å²) >= 11 is 0. The van der Waals surface area contributed by atoms with Crippen LogP contribution in [0.1, 0.15) is 52.9 Å². The summed E-state index contributed by atoms with van der Waals surface area (Å²) in [5.41, 5.74) is 4.35. The van der Waals surface area contributed by atoms with Gasteiger partial charge in [-0.1, -0.05) is 42.0 Å². The highest BCUT2D eigenvalue weighted by molar-refractivity contribution is 5.94. The van der Waals surface area contributed by atoms with E-state index < -0.39 is 0 Å². The number of hydrogen-bond acceptors (Lipinski definition) is 2. The van der Waals surface area contributed by atoms with Crippen molar-refractivity contribution in [3.63, 3.8) is 0 Å². The third-order valence-corrected chi connectivity index (χ3v) is 4.75. The first-order chi connectivity index (χ1) is 11.6. The fourth-order valence-corrected chi connectivity index (χ4v) is 3.18. The van der Waals surface area contributed by atoms with Crippen LogP contribution in [-0.4, -0.2) is 23.9 Å². The zero-order chi connectivity index (χ0) is 16.9. The van der Waals surface area contributed by atoms with E-state index >= 15 is 0 Å². The molecule has 1 saturated heterocycles. The zero-order valence-electron chi connectivity index (χ0n) is 14.6. The number of amides is 1. The van der Waals surface area contributed by atoms with Crippen molar-refractivity contribution in [1.29, 1.82) is 0 Å². The van der Waals surface area contributed by atoms with E-state index in [2.05, 4.69) is 53.5 Å². The van der Waals surface area contributed by atoms with Gasteiger partial charge in [0.2, 0.25) is 0 Å². The number of nitrogens with zero attached hydrogens (tertiary/aromatic N) is 1. The monoisotopic (exact) mass is 322 g/mol. The standard InChI is InChI=1S/C21H26N2O/c1-16-5-9-19(10-6-16)17(2)22-21(24)20-11-7-18(8-12-20)15-23-13-3-4-14-23/h5-12,17H,3-4,13-15H2,1-2H3,(H,22,24)/t17-/m0/s1. The smallest absolute Gasteiger partial charge is 0.251 e. The van der Waals surface area contributed by atoms with Crippen molar-refractivity contribution in [2.45, 2.75) is 39.3 Å². The molecule has 126 valence electrons. The molecule has 2 aromatic carbocycles. The molecule has 1 aliphatic rings. The molecular formula is C21H26N2O. The Morgan fingerprint density at radius 3 is 2.29 bits per heavy atom. The lowest BCUT2D eigenvalue weighted by atomic mass is 10.1. The Hall–Kier alpha value is -2.13. The minimum Gasteiger partial charge on any atom is -0.346 e. The minimum atomic E-state index is -0.0178. The van der Waals surface area contributed by atoms with E-state index in [4.69, 9.17) is 0 Å². The molecule has 1 N–H and O–H groups in total. The summed E-state index contributed by atoms with van der Waals surface area (Å²) < 4.78 is 0. The molecule has 0 radical (unpaired) electrons. The van der Waals surface area contributed by atoms with Crippen molar-refractivity contribution in [1.82, 2.24) is 10.2 Å². The van der Waals surface area contributed by atoms with Crippen LogP contribution in [-0.2, 0) is 6.54 Å². The molecule has 0 unspecified atom stereocenters. The molecule has 0 saturated carbocycles. The summed E-state index contributed by atoms with van der Waals surface area (Å²) in [7, 11) is 0. The van der Waals surface area contributed by atoms with Gasteiger partial charge in [0.25, 0.3) is 5.91 Å². The van der Waals surface area contributed by atoms with Crippen molar-refractivity contribution in [2.24, 2.45) is 0 Å². The van der Waals surface area contributed by atoms with E-state index in [1.807, 2.05) is 19.1 Å². The van der Waals surface area contributed by atoms with Gasteiger partial charge >= 0.3 is 0 Å². The number of aryl methyl sites for hydroxylation is 1. The predicted octanol–water partition coefficient (Wildman–Crippen LogP) is 4.08. The number of nitrogens with one attached hydrogen (secondary N) is 1. The number of hydrogen-bond donors (Lipinski definition) is 1. The molecule has 1 atom stereocenters. The summed E-state index contributed by atoms with van der Waals surface area (Å²) in [5.74, 6) is -0.0178. The lowest BCUT2D eigenvalue weighted by molar-refractivity contribution is 0.0940. The first-order valence-corrected chi connectivity index (χ1v) is 8.80. The van der Waals surface area contributed by atoms with Crippen LogP contribution in [0.5, 0.6) is 0 Å². The van der Waals surface area contributed by atoms with Crippen LogP contribution in [0, 0.1) is 6.92 Å². The number of rotatable bonds is 5. The van der Waals surface area contributed by atoms with Crippen LogP contribution in [0.15, 0.2) is 48.5 Å². The predicted molar refractivity (Wildman–Crippen MR) is 98.0 cm³/mol. The molecular weight excluding hydrogens is 296 g/mol. The highest BCUT2D eigenvalue weighted by Crippen LogP contribution is 2.16. The average Bonchev–Trinajstić information content (AvgIpc) is 3.09. The van der Waals surface area contributed by atoms with Gasteiger partial charge in [0, 0.05) is 12.1 Å². The van der Waals surface area contributed by atoms with E-state index in [0.717, 1.165) is 17.7 Å². The topological polar surface area (TPSA) is 32.3 Å². The maximum absolute atomic E-state index is 12.4. The van der Waals surface area contributed by atoms with Gasteiger partial charge in [0.15, 0.2) is 0 Å². The SMILES string of the molecule is Cc1ccc([C@H](C)NC(=O)c2ccc(CN3CCCC3)cc2)cc1. The first-order valence-electron chi connectivity index (χ1n) is 8.80. The van der Waals surface area contributed by atoms with Crippen molar-refractivity contribution < 1.29 is 4.79 Å². The minimum absolute atomic E-state index is 0.00220. The number of likely N-dealkylation sites (tertiary alicyclic amines) is 1. The van der Waals surface area contributed by atoms with E-state index in [1.165, 1.54) is 37.1 Å². The van der Waals surface area contributed by atoms with Crippen molar-refractivity contribution in [3.8, 4) is 0 Å². The fraction of sp³-hybridized carbons (Fsp3) is 0.381. The van der Waals surface area contributed by atoms with Crippen LogP contribution in [0.3, 0.4) is 0 Å². The molecule has 1 aliphatic heterocycles. The second-order valence-corrected chi connectivity index (χ2v) is 6.79. The average molecular weight is 322 g/mol. The normalized spacial score (nSPS) is 16.1. The van der Waals surface area contributed by atoms with Crippen LogP contribution >= 0.6 is 0 Å². The van der Waals surface area contributed by atoms with Gasteiger partial charge in [0.1, 0.15) is 0 Å². The third-order valence-electron chi connectivity index (χ3n) is 4.75. The molecule has 1 fully saturated rings. The first kappa shape index (κ1) is 16.7. The fourth-order valence-electron chi connectivity index (χ4n) is 3.18. The van der Waals surface area contributed by atoms with Gasteiger partial charge < -0.3 is 5.32 Å². The summed E-state index contributed by atoms with van der Waals surface area (Å²) in [4.78, 5) is 14.9. The van der Waals surface area contributed by atoms with Crippen LogP contribution in [0.4, 0.5) is 0 Å².